The van der Waals surface area contributed by atoms with Crippen molar-refractivity contribution >= 4 is 16.7 Å². The molecule has 0 amide bonds. The summed E-state index contributed by atoms with van der Waals surface area (Å²) in [4.78, 5) is 3.36. The number of hydrogen-bond acceptors (Lipinski definition) is 6. The number of nitrogens with one attached hydrogen (secondary N) is 1. The number of rotatable bonds is 9. The summed E-state index contributed by atoms with van der Waals surface area (Å²) < 4.78 is 50.0. The quantitative estimate of drug-likeness (QED) is 0.710. The van der Waals surface area contributed by atoms with Gasteiger partial charge in [-0.1, -0.05) is 0 Å². The highest BCUT2D eigenvalue weighted by Crippen LogP contribution is 2.28. The SMILES string of the molecule is COCCOCCCCNc1nc(C(F)(F)F)ns1. The molecule has 9 heteroatoms. The van der Waals surface area contributed by atoms with Crippen molar-refractivity contribution in [3.8, 4) is 0 Å². The van der Waals surface area contributed by atoms with Crippen LogP contribution < -0.4 is 5.32 Å². The molecular weight excluding hydrogens is 283 g/mol. The predicted molar refractivity (Wildman–Crippen MR) is 65.3 cm³/mol. The second-order valence-corrected chi connectivity index (χ2v) is 4.41. The van der Waals surface area contributed by atoms with Crippen LogP contribution in [0.5, 0.6) is 0 Å². The van der Waals surface area contributed by atoms with E-state index in [-0.39, 0.29) is 5.13 Å². The standard InChI is InChI=1S/C10H16F3N3O2S/c1-17-6-7-18-5-3-2-4-14-9-15-8(16-19-9)10(11,12)13/h2-7H2,1H3,(H,14,15,16). The van der Waals surface area contributed by atoms with E-state index in [1.54, 1.807) is 7.11 Å². The fourth-order valence-corrected chi connectivity index (χ4v) is 1.79. The van der Waals surface area contributed by atoms with Gasteiger partial charge in [-0.2, -0.15) is 22.5 Å². The lowest BCUT2D eigenvalue weighted by Crippen LogP contribution is -2.08. The highest BCUT2D eigenvalue weighted by Gasteiger charge is 2.35. The van der Waals surface area contributed by atoms with Crippen LogP contribution in [0.2, 0.25) is 0 Å². The summed E-state index contributed by atoms with van der Waals surface area (Å²) in [6, 6.07) is 0. The average Bonchev–Trinajstić information content (AvgIpc) is 2.81. The molecule has 1 rings (SSSR count). The maximum Gasteiger partial charge on any atom is 0.452 e. The molecule has 0 unspecified atom stereocenters. The molecule has 0 atom stereocenters. The molecule has 19 heavy (non-hydrogen) atoms. The molecular formula is C10H16F3N3O2S. The van der Waals surface area contributed by atoms with Gasteiger partial charge in [-0.25, -0.2) is 0 Å². The molecule has 0 saturated carbocycles. The summed E-state index contributed by atoms with van der Waals surface area (Å²) in [6.45, 7) is 2.26. The Hall–Kier alpha value is -0.930. The number of ether oxygens (including phenoxy) is 2. The van der Waals surface area contributed by atoms with E-state index in [4.69, 9.17) is 9.47 Å². The molecule has 1 aromatic heterocycles. The number of alkyl halides is 3. The number of anilines is 1. The normalized spacial score (nSPS) is 11.8. The first kappa shape index (κ1) is 16.1. The van der Waals surface area contributed by atoms with Crippen molar-refractivity contribution < 1.29 is 22.6 Å². The molecule has 1 heterocycles. The Balaban J connectivity index is 2.08. The molecule has 0 saturated heterocycles. The van der Waals surface area contributed by atoms with Crippen LogP contribution in [0, 0.1) is 0 Å². The van der Waals surface area contributed by atoms with Gasteiger partial charge in [0.05, 0.1) is 13.2 Å². The van der Waals surface area contributed by atoms with Gasteiger partial charge in [0.2, 0.25) is 11.0 Å². The fraction of sp³-hybridized carbons (Fsp3) is 0.800. The highest BCUT2D eigenvalue weighted by atomic mass is 32.1. The van der Waals surface area contributed by atoms with Crippen molar-refractivity contribution in [2.45, 2.75) is 19.0 Å². The van der Waals surface area contributed by atoms with Gasteiger partial charge >= 0.3 is 6.18 Å². The lowest BCUT2D eigenvalue weighted by atomic mass is 10.3. The van der Waals surface area contributed by atoms with Gasteiger partial charge in [0.15, 0.2) is 0 Å². The van der Waals surface area contributed by atoms with Gasteiger partial charge < -0.3 is 14.8 Å². The van der Waals surface area contributed by atoms with Gasteiger partial charge in [0.1, 0.15) is 0 Å². The van der Waals surface area contributed by atoms with E-state index >= 15 is 0 Å². The van der Waals surface area contributed by atoms with Crippen molar-refractivity contribution in [2.75, 3.05) is 38.8 Å². The predicted octanol–water partition coefficient (Wildman–Crippen LogP) is 2.41. The molecule has 0 bridgehead atoms. The number of aromatic nitrogens is 2. The maximum absolute atomic E-state index is 12.2. The van der Waals surface area contributed by atoms with Gasteiger partial charge in [0.25, 0.3) is 0 Å². The Morgan fingerprint density at radius 2 is 2.00 bits per heavy atom. The third-order valence-electron chi connectivity index (χ3n) is 2.10. The topological polar surface area (TPSA) is 56.3 Å². The largest absolute Gasteiger partial charge is 0.452 e. The Bertz CT molecular complexity index is 360. The van der Waals surface area contributed by atoms with Crippen LogP contribution in [-0.4, -0.2) is 42.8 Å². The minimum Gasteiger partial charge on any atom is -0.382 e. The number of halogens is 3. The zero-order valence-corrected chi connectivity index (χ0v) is 11.3. The molecule has 110 valence electrons. The van der Waals surface area contributed by atoms with Crippen molar-refractivity contribution in [1.82, 2.24) is 9.36 Å². The Kier molecular flexibility index (Phi) is 7.03. The number of methoxy groups -OCH3 is 1. The second-order valence-electron chi connectivity index (χ2n) is 3.66. The van der Waals surface area contributed by atoms with Crippen molar-refractivity contribution in [3.05, 3.63) is 5.82 Å². The van der Waals surface area contributed by atoms with E-state index in [2.05, 4.69) is 14.7 Å². The number of hydrogen-bond donors (Lipinski definition) is 1. The molecule has 0 aliphatic rings. The molecule has 0 aromatic carbocycles. The smallest absolute Gasteiger partial charge is 0.382 e. The number of unbranched alkanes of at least 4 members (excludes halogenated alkanes) is 1. The van der Waals surface area contributed by atoms with E-state index in [1.807, 2.05) is 0 Å². The van der Waals surface area contributed by atoms with Gasteiger partial charge in [0, 0.05) is 31.8 Å². The van der Waals surface area contributed by atoms with Crippen molar-refractivity contribution in [3.63, 3.8) is 0 Å². The Labute approximate surface area is 113 Å². The van der Waals surface area contributed by atoms with Gasteiger partial charge in [-0.3, -0.25) is 0 Å². The third-order valence-corrected chi connectivity index (χ3v) is 2.78. The van der Waals surface area contributed by atoms with E-state index in [9.17, 15) is 13.2 Å². The van der Waals surface area contributed by atoms with Crippen LogP contribution in [0.25, 0.3) is 0 Å². The molecule has 0 fully saturated rings. The molecule has 0 spiro atoms. The summed E-state index contributed by atoms with van der Waals surface area (Å²) >= 11 is 0.711. The van der Waals surface area contributed by atoms with E-state index in [1.165, 1.54) is 0 Å². The molecule has 1 N–H and O–H groups in total. The first-order valence-corrected chi connectivity index (χ1v) is 6.53. The van der Waals surface area contributed by atoms with E-state index in [0.717, 1.165) is 12.8 Å². The lowest BCUT2D eigenvalue weighted by Gasteiger charge is -2.04. The molecule has 0 aliphatic heterocycles. The Morgan fingerprint density at radius 3 is 2.63 bits per heavy atom. The second kappa shape index (κ2) is 8.28. The highest BCUT2D eigenvalue weighted by molar-refractivity contribution is 7.09. The summed E-state index contributed by atoms with van der Waals surface area (Å²) in [5.41, 5.74) is 0. The van der Waals surface area contributed by atoms with Gasteiger partial charge in [-0.15, -0.1) is 0 Å². The zero-order chi connectivity index (χ0) is 14.1. The van der Waals surface area contributed by atoms with Crippen molar-refractivity contribution in [2.24, 2.45) is 0 Å². The minimum atomic E-state index is -4.48. The molecule has 0 radical (unpaired) electrons. The van der Waals surface area contributed by atoms with Crippen LogP contribution in [0.1, 0.15) is 18.7 Å². The third kappa shape index (κ3) is 6.69. The first-order chi connectivity index (χ1) is 9.04. The van der Waals surface area contributed by atoms with Crippen LogP contribution in [0.15, 0.2) is 0 Å². The van der Waals surface area contributed by atoms with Crippen LogP contribution in [-0.2, 0) is 15.7 Å². The van der Waals surface area contributed by atoms with Crippen molar-refractivity contribution in [1.29, 1.82) is 0 Å². The summed E-state index contributed by atoms with van der Waals surface area (Å²) in [7, 11) is 1.60. The van der Waals surface area contributed by atoms with Crippen LogP contribution in [0.3, 0.4) is 0 Å². The average molecular weight is 299 g/mol. The molecule has 0 aliphatic carbocycles. The lowest BCUT2D eigenvalue weighted by molar-refractivity contribution is -0.144. The zero-order valence-electron chi connectivity index (χ0n) is 10.5. The summed E-state index contributed by atoms with van der Waals surface area (Å²) in [5, 5.41) is 2.99. The number of nitrogens with zero attached hydrogens (tertiary/aromatic N) is 2. The monoisotopic (exact) mass is 299 g/mol. The fourth-order valence-electron chi connectivity index (χ4n) is 1.18. The van der Waals surface area contributed by atoms with Crippen LogP contribution in [0.4, 0.5) is 18.3 Å². The Morgan fingerprint density at radius 1 is 1.21 bits per heavy atom. The summed E-state index contributed by atoms with van der Waals surface area (Å²) in [6.07, 6.45) is -2.87. The molecule has 1 aromatic rings. The van der Waals surface area contributed by atoms with Gasteiger partial charge in [-0.05, 0) is 12.8 Å². The van der Waals surface area contributed by atoms with Crippen LogP contribution >= 0.6 is 11.5 Å². The first-order valence-electron chi connectivity index (χ1n) is 5.75. The molecule has 5 nitrogen and oxygen atoms in total. The maximum atomic E-state index is 12.2. The minimum absolute atomic E-state index is 0.188. The van der Waals surface area contributed by atoms with E-state index < -0.39 is 12.0 Å². The van der Waals surface area contributed by atoms with E-state index in [0.29, 0.717) is 37.9 Å². The summed E-state index contributed by atoms with van der Waals surface area (Å²) in [5.74, 6) is -1.09.